The Morgan fingerprint density at radius 2 is 1.17 bits per heavy atom. The highest BCUT2D eigenvalue weighted by molar-refractivity contribution is 8.00. The van der Waals surface area contributed by atoms with Gasteiger partial charge in [0.2, 0.25) is 0 Å². The van der Waals surface area contributed by atoms with Gasteiger partial charge in [-0.15, -0.1) is 23.5 Å². The second-order valence-electron chi connectivity index (χ2n) is 8.59. The Kier molecular flexibility index (Phi) is 10.9. The van der Waals surface area contributed by atoms with Crippen LogP contribution in [0.3, 0.4) is 0 Å². The predicted molar refractivity (Wildman–Crippen MR) is 119 cm³/mol. The number of hydrogen-bond donors (Lipinski definition) is 10. The van der Waals surface area contributed by atoms with Crippen molar-refractivity contribution in [1.29, 1.82) is 0 Å². The molecule has 206 valence electrons. The number of rotatable bonds is 8. The summed E-state index contributed by atoms with van der Waals surface area (Å²) in [6.07, 6.45) is -16.1. The summed E-state index contributed by atoms with van der Waals surface area (Å²) >= 11 is 1.71. The van der Waals surface area contributed by atoms with Crippen molar-refractivity contribution in [2.24, 2.45) is 0 Å². The Morgan fingerprint density at radius 3 is 1.69 bits per heavy atom. The van der Waals surface area contributed by atoms with Crippen LogP contribution in [-0.2, 0) is 18.9 Å². The van der Waals surface area contributed by atoms with Crippen molar-refractivity contribution in [3.63, 3.8) is 0 Å². The second-order valence-corrected chi connectivity index (χ2v) is 11.3. The van der Waals surface area contributed by atoms with E-state index in [1.165, 1.54) is 7.11 Å². The van der Waals surface area contributed by atoms with Gasteiger partial charge in [0.05, 0.1) is 42.5 Å². The van der Waals surface area contributed by atoms with Crippen molar-refractivity contribution in [2.75, 3.05) is 26.9 Å². The third-order valence-corrected chi connectivity index (χ3v) is 9.18. The molecule has 0 bridgehead atoms. The lowest BCUT2D eigenvalue weighted by Gasteiger charge is -2.46. The zero-order valence-corrected chi connectivity index (χ0v) is 20.3. The summed E-state index contributed by atoms with van der Waals surface area (Å²) in [7, 11) is 1.23. The molecule has 0 radical (unpaired) electrons. The number of methoxy groups -OCH3 is 1. The average Bonchev–Trinajstić information content (AvgIpc) is 2.85. The maximum atomic E-state index is 10.9. The first-order valence-electron chi connectivity index (χ1n) is 11.0. The van der Waals surface area contributed by atoms with E-state index in [9.17, 15) is 51.1 Å². The van der Waals surface area contributed by atoms with Crippen LogP contribution in [0.25, 0.3) is 0 Å². The Morgan fingerprint density at radius 1 is 0.657 bits per heavy atom. The average molecular weight is 551 g/mol. The predicted octanol–water partition coefficient (Wildman–Crippen LogP) is -5.49. The molecule has 0 spiro atoms. The topological polar surface area (TPSA) is 239 Å². The quantitative estimate of drug-likeness (QED) is 0.136. The summed E-state index contributed by atoms with van der Waals surface area (Å²) in [5.74, 6) is 0. The van der Waals surface area contributed by atoms with Crippen molar-refractivity contribution in [1.82, 2.24) is 0 Å². The molecule has 0 aromatic heterocycles. The van der Waals surface area contributed by atoms with Crippen molar-refractivity contribution in [2.45, 2.75) is 88.7 Å². The minimum absolute atomic E-state index is 0.385. The van der Waals surface area contributed by atoms with Crippen LogP contribution in [0.5, 0.6) is 0 Å². The molecule has 10 N–H and O–H groups in total. The number of ether oxygens (including phenoxy) is 4. The molecule has 0 unspecified atom stereocenters. The van der Waals surface area contributed by atoms with Gasteiger partial charge < -0.3 is 70.0 Å². The Hall–Kier alpha value is 0.140. The van der Waals surface area contributed by atoms with Gasteiger partial charge in [0, 0.05) is 7.11 Å². The van der Waals surface area contributed by atoms with Crippen LogP contribution in [0.4, 0.5) is 0 Å². The van der Waals surface area contributed by atoms with Crippen molar-refractivity contribution in [3.05, 3.63) is 0 Å². The van der Waals surface area contributed by atoms with Crippen LogP contribution >= 0.6 is 23.5 Å². The molecule has 3 fully saturated rings. The van der Waals surface area contributed by atoms with E-state index < -0.39 is 102 Å². The lowest BCUT2D eigenvalue weighted by atomic mass is 9.98. The fraction of sp³-hybridized carbons (Fsp3) is 1.00. The molecule has 0 aromatic rings. The summed E-state index contributed by atoms with van der Waals surface area (Å²) in [6.45, 7) is -1.39. The zero-order valence-electron chi connectivity index (χ0n) is 18.7. The van der Waals surface area contributed by atoms with Gasteiger partial charge >= 0.3 is 0 Å². The highest BCUT2D eigenvalue weighted by atomic mass is 32.2. The maximum Gasteiger partial charge on any atom is 0.186 e. The lowest BCUT2D eigenvalue weighted by Crippen LogP contribution is -2.63. The monoisotopic (exact) mass is 550 g/mol. The van der Waals surface area contributed by atoms with E-state index in [1.807, 2.05) is 0 Å². The molecule has 15 atom stereocenters. The molecule has 3 saturated heterocycles. The van der Waals surface area contributed by atoms with E-state index in [1.54, 1.807) is 0 Å². The molecule has 3 aliphatic heterocycles. The lowest BCUT2D eigenvalue weighted by molar-refractivity contribution is -0.310. The molecule has 0 aliphatic carbocycles. The van der Waals surface area contributed by atoms with Crippen molar-refractivity contribution >= 4 is 23.5 Å². The molecule has 3 heterocycles. The smallest absolute Gasteiger partial charge is 0.186 e. The van der Waals surface area contributed by atoms with Gasteiger partial charge in [-0.25, -0.2) is 0 Å². The van der Waals surface area contributed by atoms with E-state index in [0.29, 0.717) is 0 Å². The molecule has 3 aliphatic rings. The van der Waals surface area contributed by atoms with Gasteiger partial charge in [0.25, 0.3) is 0 Å². The van der Waals surface area contributed by atoms with E-state index in [-0.39, 0.29) is 6.61 Å². The third kappa shape index (κ3) is 6.25. The molecular formula is C19H34O14S2. The van der Waals surface area contributed by atoms with E-state index in [4.69, 9.17) is 18.9 Å². The molecule has 3 rings (SSSR count). The number of aliphatic hydroxyl groups is 10. The summed E-state index contributed by atoms with van der Waals surface area (Å²) in [4.78, 5) is 0. The summed E-state index contributed by atoms with van der Waals surface area (Å²) in [6, 6.07) is 0. The molecular weight excluding hydrogens is 516 g/mol. The van der Waals surface area contributed by atoms with Gasteiger partial charge in [-0.2, -0.15) is 0 Å². The largest absolute Gasteiger partial charge is 0.395 e. The van der Waals surface area contributed by atoms with Crippen molar-refractivity contribution < 1.29 is 70.0 Å². The van der Waals surface area contributed by atoms with E-state index in [0.717, 1.165) is 23.5 Å². The SMILES string of the molecule is CO[C@H]1O[C@@H](CO[C@H]2S[C@@H](CO)[C@@H](O)[C@H](O)[C@H]2O)[C@@H](O)[C@H](O[C@H]2S[C@@H](CO)[C@@H](O)[C@H](O)[C@H]2O)[C@H]1O. The van der Waals surface area contributed by atoms with E-state index >= 15 is 0 Å². The molecule has 0 amide bonds. The van der Waals surface area contributed by atoms with Crippen LogP contribution in [0.15, 0.2) is 0 Å². The Labute approximate surface area is 209 Å². The van der Waals surface area contributed by atoms with Crippen LogP contribution in [0.1, 0.15) is 0 Å². The fourth-order valence-electron chi connectivity index (χ4n) is 4.13. The van der Waals surface area contributed by atoms with Gasteiger partial charge in [0.15, 0.2) is 6.29 Å². The van der Waals surface area contributed by atoms with Crippen LogP contribution < -0.4 is 0 Å². The molecule has 0 aromatic carbocycles. The van der Waals surface area contributed by atoms with Crippen LogP contribution in [-0.4, -0.2) is 167 Å². The number of hydrogen-bond acceptors (Lipinski definition) is 16. The summed E-state index contributed by atoms with van der Waals surface area (Å²) in [5.41, 5.74) is -2.33. The summed E-state index contributed by atoms with van der Waals surface area (Å²) in [5, 5.41) is 99.1. The second kappa shape index (κ2) is 12.8. The molecule has 14 nitrogen and oxygen atoms in total. The highest BCUT2D eigenvalue weighted by Crippen LogP contribution is 2.37. The van der Waals surface area contributed by atoms with Gasteiger partial charge in [-0.3, -0.25) is 0 Å². The Balaban J connectivity index is 1.69. The number of thioether (sulfide) groups is 2. The normalized spacial score (nSPS) is 51.3. The zero-order chi connectivity index (χ0) is 26.0. The highest BCUT2D eigenvalue weighted by Gasteiger charge is 2.51. The third-order valence-electron chi connectivity index (χ3n) is 6.29. The van der Waals surface area contributed by atoms with Crippen molar-refractivity contribution in [3.8, 4) is 0 Å². The molecule has 35 heavy (non-hydrogen) atoms. The fourth-order valence-corrected chi connectivity index (χ4v) is 6.62. The molecule has 0 saturated carbocycles. The van der Waals surface area contributed by atoms with Gasteiger partial charge in [-0.1, -0.05) is 0 Å². The van der Waals surface area contributed by atoms with Gasteiger partial charge in [0.1, 0.15) is 59.7 Å². The first kappa shape index (κ1) is 29.7. The first-order valence-corrected chi connectivity index (χ1v) is 12.9. The maximum absolute atomic E-state index is 10.9. The van der Waals surface area contributed by atoms with E-state index in [2.05, 4.69) is 0 Å². The molecule has 16 heteroatoms. The number of aliphatic hydroxyl groups excluding tert-OH is 10. The standard InChI is InChI=1S/C19H34O14S2/c1-30-17-15(29)16(33-19-14(28)12(26)10(24)7(3-21)35-19)8(22)5(32-17)4-31-18-13(27)11(25)9(23)6(2-20)34-18/h5-29H,2-4H2,1H3/t5-,6-,7-,8+,9+,10+,11-,12-,13+,14+,15+,16-,17-,18-,19-/m0/s1. The minimum atomic E-state index is -1.64. The van der Waals surface area contributed by atoms with Crippen LogP contribution in [0.2, 0.25) is 0 Å². The minimum Gasteiger partial charge on any atom is -0.395 e. The summed E-state index contributed by atoms with van der Waals surface area (Å²) < 4.78 is 22.0. The van der Waals surface area contributed by atoms with Crippen LogP contribution in [0, 0.1) is 0 Å². The Bertz CT molecular complexity index is 661. The first-order chi connectivity index (χ1) is 16.5. The van der Waals surface area contributed by atoms with Gasteiger partial charge in [-0.05, 0) is 0 Å².